The minimum atomic E-state index is 0.667. The molecular weight excluding hydrogens is 212 g/mol. The van der Waals surface area contributed by atoms with E-state index >= 15 is 0 Å². The Kier molecular flexibility index (Phi) is 3.18. The molecule has 3 nitrogen and oxygen atoms in total. The lowest BCUT2D eigenvalue weighted by atomic mass is 10.2. The molecule has 0 aliphatic rings. The Hall–Kier alpha value is -1.77. The maximum atomic E-state index is 5.13. The summed E-state index contributed by atoms with van der Waals surface area (Å²) in [4.78, 5) is 4.42. The molecule has 0 aromatic carbocycles. The van der Waals surface area contributed by atoms with E-state index in [1.165, 1.54) is 16.8 Å². The SMILES string of the molecule is COc1cccc(Cn2cc(C)c(C)c2C)n1. The third kappa shape index (κ3) is 2.33. The molecule has 0 saturated carbocycles. The maximum absolute atomic E-state index is 5.13. The molecule has 2 rings (SSSR count). The van der Waals surface area contributed by atoms with Crippen LogP contribution in [0.1, 0.15) is 22.5 Å². The van der Waals surface area contributed by atoms with Crippen LogP contribution in [0.5, 0.6) is 5.88 Å². The van der Waals surface area contributed by atoms with Crippen molar-refractivity contribution in [3.63, 3.8) is 0 Å². The molecule has 0 fully saturated rings. The normalized spacial score (nSPS) is 10.6. The summed E-state index contributed by atoms with van der Waals surface area (Å²) in [6.45, 7) is 7.22. The summed E-state index contributed by atoms with van der Waals surface area (Å²) in [5.41, 5.74) is 4.99. The molecule has 0 radical (unpaired) electrons. The molecule has 2 aromatic heterocycles. The molecule has 0 N–H and O–H groups in total. The highest BCUT2D eigenvalue weighted by Gasteiger charge is 2.06. The number of pyridine rings is 1. The van der Waals surface area contributed by atoms with Crippen LogP contribution in [-0.2, 0) is 6.54 Å². The second-order valence-corrected chi connectivity index (χ2v) is 4.32. The van der Waals surface area contributed by atoms with Crippen molar-refractivity contribution < 1.29 is 4.74 Å². The van der Waals surface area contributed by atoms with E-state index in [0.29, 0.717) is 5.88 Å². The maximum Gasteiger partial charge on any atom is 0.213 e. The van der Waals surface area contributed by atoms with Crippen molar-refractivity contribution in [3.8, 4) is 5.88 Å². The van der Waals surface area contributed by atoms with E-state index in [4.69, 9.17) is 4.74 Å². The zero-order valence-electron chi connectivity index (χ0n) is 10.8. The van der Waals surface area contributed by atoms with Crippen molar-refractivity contribution in [1.29, 1.82) is 0 Å². The average Bonchev–Trinajstić information content (AvgIpc) is 2.57. The highest BCUT2D eigenvalue weighted by Crippen LogP contribution is 2.16. The summed E-state index contributed by atoms with van der Waals surface area (Å²) < 4.78 is 7.36. The second kappa shape index (κ2) is 4.62. The molecule has 0 amide bonds. The van der Waals surface area contributed by atoms with E-state index in [1.807, 2.05) is 18.2 Å². The van der Waals surface area contributed by atoms with E-state index in [9.17, 15) is 0 Å². The lowest BCUT2D eigenvalue weighted by Crippen LogP contribution is -2.03. The zero-order valence-corrected chi connectivity index (χ0v) is 10.8. The van der Waals surface area contributed by atoms with E-state index < -0.39 is 0 Å². The van der Waals surface area contributed by atoms with Crippen LogP contribution in [0.2, 0.25) is 0 Å². The Bertz CT molecular complexity index is 529. The molecule has 0 saturated heterocycles. The lowest BCUT2D eigenvalue weighted by Gasteiger charge is -2.07. The van der Waals surface area contributed by atoms with Gasteiger partial charge in [-0.1, -0.05) is 6.07 Å². The smallest absolute Gasteiger partial charge is 0.213 e. The number of ether oxygens (including phenoxy) is 1. The monoisotopic (exact) mass is 230 g/mol. The molecule has 0 bridgehead atoms. The number of methoxy groups -OCH3 is 1. The fourth-order valence-electron chi connectivity index (χ4n) is 1.93. The van der Waals surface area contributed by atoms with Crippen LogP contribution in [-0.4, -0.2) is 16.7 Å². The van der Waals surface area contributed by atoms with Crippen LogP contribution >= 0.6 is 0 Å². The minimum absolute atomic E-state index is 0.667. The van der Waals surface area contributed by atoms with Crippen LogP contribution in [0, 0.1) is 20.8 Å². The predicted octanol–water partition coefficient (Wildman–Crippen LogP) is 2.87. The Labute approximate surface area is 102 Å². The molecule has 2 aromatic rings. The van der Waals surface area contributed by atoms with Gasteiger partial charge >= 0.3 is 0 Å². The first-order chi connectivity index (χ1) is 8.11. The first kappa shape index (κ1) is 11.7. The molecule has 3 heteroatoms. The first-order valence-corrected chi connectivity index (χ1v) is 5.74. The molecule has 0 unspecified atom stereocenters. The Balaban J connectivity index is 2.28. The number of hydrogen-bond donors (Lipinski definition) is 0. The number of aryl methyl sites for hydroxylation is 1. The van der Waals surface area contributed by atoms with Crippen LogP contribution in [0.4, 0.5) is 0 Å². The highest BCUT2D eigenvalue weighted by atomic mass is 16.5. The van der Waals surface area contributed by atoms with Gasteiger partial charge in [-0.05, 0) is 38.0 Å². The molecule has 90 valence electrons. The van der Waals surface area contributed by atoms with Gasteiger partial charge < -0.3 is 9.30 Å². The quantitative estimate of drug-likeness (QED) is 0.810. The van der Waals surface area contributed by atoms with Crippen LogP contribution in [0.3, 0.4) is 0 Å². The van der Waals surface area contributed by atoms with Crippen LogP contribution in [0.15, 0.2) is 24.4 Å². The van der Waals surface area contributed by atoms with Gasteiger partial charge in [0.15, 0.2) is 0 Å². The van der Waals surface area contributed by atoms with Gasteiger partial charge in [-0.25, -0.2) is 4.98 Å². The molecule has 17 heavy (non-hydrogen) atoms. The largest absolute Gasteiger partial charge is 0.481 e. The predicted molar refractivity (Wildman–Crippen MR) is 68.5 cm³/mol. The summed E-state index contributed by atoms with van der Waals surface area (Å²) in [5, 5.41) is 0. The summed E-state index contributed by atoms with van der Waals surface area (Å²) in [5.74, 6) is 0.667. The lowest BCUT2D eigenvalue weighted by molar-refractivity contribution is 0.396. The van der Waals surface area contributed by atoms with Crippen LogP contribution < -0.4 is 4.74 Å². The summed E-state index contributed by atoms with van der Waals surface area (Å²) in [6.07, 6.45) is 2.17. The molecule has 0 aliphatic carbocycles. The summed E-state index contributed by atoms with van der Waals surface area (Å²) >= 11 is 0. The molecular formula is C14H18N2O. The fourth-order valence-corrected chi connectivity index (χ4v) is 1.93. The standard InChI is InChI=1S/C14H18N2O/c1-10-8-16(12(3)11(10)2)9-13-6-5-7-14(15-13)17-4/h5-8H,9H2,1-4H3. The van der Waals surface area contributed by atoms with E-state index in [2.05, 4.69) is 36.5 Å². The molecule has 0 atom stereocenters. The van der Waals surface area contributed by atoms with Crippen molar-refractivity contribution in [2.75, 3.05) is 7.11 Å². The third-order valence-electron chi connectivity index (χ3n) is 3.24. The first-order valence-electron chi connectivity index (χ1n) is 5.74. The Morgan fingerprint density at radius 1 is 1.24 bits per heavy atom. The minimum Gasteiger partial charge on any atom is -0.481 e. The van der Waals surface area contributed by atoms with Gasteiger partial charge in [-0.2, -0.15) is 0 Å². The number of rotatable bonds is 3. The van der Waals surface area contributed by atoms with Gasteiger partial charge in [0.05, 0.1) is 19.3 Å². The summed E-state index contributed by atoms with van der Waals surface area (Å²) in [7, 11) is 1.64. The fraction of sp³-hybridized carbons (Fsp3) is 0.357. The van der Waals surface area contributed by atoms with Crippen molar-refractivity contribution in [2.45, 2.75) is 27.3 Å². The van der Waals surface area contributed by atoms with E-state index in [-0.39, 0.29) is 0 Å². The molecule has 0 aliphatic heterocycles. The van der Waals surface area contributed by atoms with Gasteiger partial charge in [0.1, 0.15) is 0 Å². The van der Waals surface area contributed by atoms with Gasteiger partial charge in [0, 0.05) is 18.0 Å². The van der Waals surface area contributed by atoms with Gasteiger partial charge in [-0.3, -0.25) is 0 Å². The van der Waals surface area contributed by atoms with Gasteiger partial charge in [0.2, 0.25) is 5.88 Å². The molecule has 2 heterocycles. The van der Waals surface area contributed by atoms with Crippen molar-refractivity contribution in [3.05, 3.63) is 46.9 Å². The molecule has 0 spiro atoms. The topological polar surface area (TPSA) is 27.1 Å². The van der Waals surface area contributed by atoms with E-state index in [1.54, 1.807) is 7.11 Å². The number of hydrogen-bond acceptors (Lipinski definition) is 2. The van der Waals surface area contributed by atoms with Gasteiger partial charge in [-0.15, -0.1) is 0 Å². The van der Waals surface area contributed by atoms with Gasteiger partial charge in [0.25, 0.3) is 0 Å². The second-order valence-electron chi connectivity index (χ2n) is 4.32. The third-order valence-corrected chi connectivity index (χ3v) is 3.24. The number of nitrogens with zero attached hydrogens (tertiary/aromatic N) is 2. The Morgan fingerprint density at radius 3 is 2.59 bits per heavy atom. The van der Waals surface area contributed by atoms with Crippen molar-refractivity contribution in [2.24, 2.45) is 0 Å². The van der Waals surface area contributed by atoms with E-state index in [0.717, 1.165) is 12.2 Å². The highest BCUT2D eigenvalue weighted by molar-refractivity contribution is 5.29. The zero-order chi connectivity index (χ0) is 12.4. The van der Waals surface area contributed by atoms with Crippen LogP contribution in [0.25, 0.3) is 0 Å². The van der Waals surface area contributed by atoms with Crippen molar-refractivity contribution >= 4 is 0 Å². The number of aromatic nitrogens is 2. The summed E-state index contributed by atoms with van der Waals surface area (Å²) in [6, 6.07) is 5.86. The average molecular weight is 230 g/mol. The Morgan fingerprint density at radius 2 is 2.00 bits per heavy atom. The van der Waals surface area contributed by atoms with Crippen molar-refractivity contribution in [1.82, 2.24) is 9.55 Å².